The summed E-state index contributed by atoms with van der Waals surface area (Å²) in [6.45, 7) is 0. The van der Waals surface area contributed by atoms with E-state index in [2.05, 4.69) is 90.1 Å². The molecule has 2 aliphatic heterocycles. The highest BCUT2D eigenvalue weighted by atomic mass is 15.2. The highest BCUT2D eigenvalue weighted by molar-refractivity contribution is 5.94. The predicted molar refractivity (Wildman–Crippen MR) is 141 cm³/mol. The number of benzene rings is 4. The van der Waals surface area contributed by atoms with Gasteiger partial charge in [-0.05, 0) is 97.8 Å². The average Bonchev–Trinajstić information content (AvgIpc) is 3.45. The van der Waals surface area contributed by atoms with E-state index < -0.39 is 0 Å². The van der Waals surface area contributed by atoms with E-state index in [0.29, 0.717) is 0 Å². The lowest BCUT2D eigenvalue weighted by atomic mass is 9.84. The van der Waals surface area contributed by atoms with Crippen molar-refractivity contribution in [3.05, 3.63) is 130 Å². The molecule has 4 aromatic carbocycles. The van der Waals surface area contributed by atoms with Crippen LogP contribution in [0.25, 0.3) is 22.3 Å². The van der Waals surface area contributed by atoms with E-state index in [1.807, 2.05) is 0 Å². The monoisotopic (exact) mass is 446 g/mol. The van der Waals surface area contributed by atoms with Gasteiger partial charge in [-0.3, -0.25) is 4.98 Å². The minimum Gasteiger partial charge on any atom is -0.309 e. The normalized spacial score (nSPS) is 14.9. The Hall–Kier alpha value is -4.17. The molecule has 0 bridgehead atoms. The zero-order chi connectivity index (χ0) is 22.7. The number of hydrogen-bond acceptors (Lipinski definition) is 2. The first kappa shape index (κ1) is 18.2. The van der Waals surface area contributed by atoms with Gasteiger partial charge in [0.25, 0.3) is 0 Å². The SMILES string of the molecule is c1ccc2c(c1)Cc1cc3c(cc1-2)Cc1cncc2c1N3c1ccc3c(c1C2)Cc1ccccc1-3. The van der Waals surface area contributed by atoms with Crippen LogP contribution in [0.3, 0.4) is 0 Å². The number of aromatic nitrogens is 1. The molecular weight excluding hydrogens is 424 g/mol. The van der Waals surface area contributed by atoms with Gasteiger partial charge in [-0.25, -0.2) is 0 Å². The Balaban J connectivity index is 1.29. The summed E-state index contributed by atoms with van der Waals surface area (Å²) >= 11 is 0. The molecule has 1 aromatic heterocycles. The summed E-state index contributed by atoms with van der Waals surface area (Å²) in [7, 11) is 0. The van der Waals surface area contributed by atoms with Crippen LogP contribution in [-0.2, 0) is 25.7 Å². The molecular formula is C33H22N2. The molecule has 0 atom stereocenters. The van der Waals surface area contributed by atoms with Gasteiger partial charge in [0, 0.05) is 25.2 Å². The fraction of sp³-hybridized carbons (Fsp3) is 0.121. The minimum atomic E-state index is 0.948. The van der Waals surface area contributed by atoms with Gasteiger partial charge in [0.15, 0.2) is 0 Å². The Bertz CT molecular complexity index is 1750. The first-order chi connectivity index (χ1) is 17.3. The van der Waals surface area contributed by atoms with Crippen LogP contribution in [0.4, 0.5) is 17.1 Å². The first-order valence-corrected chi connectivity index (χ1v) is 12.6. The van der Waals surface area contributed by atoms with Gasteiger partial charge in [-0.2, -0.15) is 0 Å². The molecule has 0 spiro atoms. The van der Waals surface area contributed by atoms with Crippen LogP contribution in [0.5, 0.6) is 0 Å². The van der Waals surface area contributed by atoms with Gasteiger partial charge in [-0.1, -0.05) is 54.6 Å². The van der Waals surface area contributed by atoms with Crippen LogP contribution in [0.2, 0.25) is 0 Å². The minimum absolute atomic E-state index is 0.948. The van der Waals surface area contributed by atoms with E-state index in [4.69, 9.17) is 4.98 Å². The molecule has 0 N–H and O–H groups in total. The van der Waals surface area contributed by atoms with Crippen molar-refractivity contribution in [3.8, 4) is 22.3 Å². The summed E-state index contributed by atoms with van der Waals surface area (Å²) < 4.78 is 0. The van der Waals surface area contributed by atoms with Crippen molar-refractivity contribution in [2.75, 3.05) is 4.90 Å². The van der Waals surface area contributed by atoms with E-state index in [1.54, 1.807) is 0 Å². The fourth-order valence-corrected chi connectivity index (χ4v) is 7.09. The van der Waals surface area contributed by atoms with Gasteiger partial charge in [0.2, 0.25) is 0 Å². The molecule has 3 heterocycles. The summed E-state index contributed by atoms with van der Waals surface area (Å²) in [5.74, 6) is 0. The molecule has 2 aliphatic carbocycles. The van der Waals surface area contributed by atoms with Crippen LogP contribution in [0, 0.1) is 0 Å². The molecule has 0 saturated carbocycles. The number of nitrogens with zero attached hydrogens (tertiary/aromatic N) is 2. The summed E-state index contributed by atoms with van der Waals surface area (Å²) in [6, 6.07) is 27.5. The molecule has 0 radical (unpaired) electrons. The third-order valence-electron chi connectivity index (χ3n) is 8.60. The molecule has 164 valence electrons. The van der Waals surface area contributed by atoms with Crippen molar-refractivity contribution < 1.29 is 0 Å². The number of rotatable bonds is 0. The van der Waals surface area contributed by atoms with Crippen LogP contribution in [0.15, 0.2) is 85.2 Å². The molecule has 0 unspecified atom stereocenters. The van der Waals surface area contributed by atoms with E-state index >= 15 is 0 Å². The molecule has 0 amide bonds. The second kappa shape index (κ2) is 6.28. The predicted octanol–water partition coefficient (Wildman–Crippen LogP) is 7.50. The van der Waals surface area contributed by atoms with E-state index in [1.165, 1.54) is 83.8 Å². The smallest absolute Gasteiger partial charge is 0.0563 e. The summed E-state index contributed by atoms with van der Waals surface area (Å²) in [5, 5.41) is 0. The van der Waals surface area contributed by atoms with Gasteiger partial charge < -0.3 is 4.90 Å². The second-order valence-electron chi connectivity index (χ2n) is 10.4. The number of hydrogen-bond donors (Lipinski definition) is 0. The quantitative estimate of drug-likeness (QED) is 0.240. The van der Waals surface area contributed by atoms with Crippen LogP contribution in [-0.4, -0.2) is 4.98 Å². The van der Waals surface area contributed by atoms with Crippen molar-refractivity contribution in [2.24, 2.45) is 0 Å². The molecule has 5 aromatic rings. The Kier molecular flexibility index (Phi) is 3.27. The van der Waals surface area contributed by atoms with Crippen molar-refractivity contribution >= 4 is 17.1 Å². The lowest BCUT2D eigenvalue weighted by molar-refractivity contribution is 0.973. The zero-order valence-electron chi connectivity index (χ0n) is 19.3. The maximum Gasteiger partial charge on any atom is 0.0563 e. The Morgan fingerprint density at radius 2 is 1.17 bits per heavy atom. The third kappa shape index (κ3) is 2.27. The van der Waals surface area contributed by atoms with Gasteiger partial charge in [0.1, 0.15) is 0 Å². The largest absolute Gasteiger partial charge is 0.309 e. The highest BCUT2D eigenvalue weighted by Crippen LogP contribution is 2.54. The zero-order valence-corrected chi connectivity index (χ0v) is 19.3. The Morgan fingerprint density at radius 1 is 0.486 bits per heavy atom. The van der Waals surface area contributed by atoms with E-state index in [-0.39, 0.29) is 0 Å². The maximum atomic E-state index is 4.70. The van der Waals surface area contributed by atoms with Crippen LogP contribution < -0.4 is 4.90 Å². The summed E-state index contributed by atoms with van der Waals surface area (Å²) in [5.41, 5.74) is 21.1. The summed E-state index contributed by atoms with van der Waals surface area (Å²) in [4.78, 5) is 7.26. The van der Waals surface area contributed by atoms with E-state index in [0.717, 1.165) is 25.7 Å². The molecule has 2 heteroatoms. The number of anilines is 3. The van der Waals surface area contributed by atoms with E-state index in [9.17, 15) is 0 Å². The van der Waals surface area contributed by atoms with Crippen molar-refractivity contribution in [2.45, 2.75) is 25.7 Å². The molecule has 2 nitrogen and oxygen atoms in total. The van der Waals surface area contributed by atoms with Gasteiger partial charge in [0.05, 0.1) is 17.1 Å². The summed E-state index contributed by atoms with van der Waals surface area (Å²) in [6.07, 6.45) is 8.15. The maximum absolute atomic E-state index is 4.70. The van der Waals surface area contributed by atoms with Crippen LogP contribution >= 0.6 is 0 Å². The molecule has 35 heavy (non-hydrogen) atoms. The fourth-order valence-electron chi connectivity index (χ4n) is 7.09. The highest BCUT2D eigenvalue weighted by Gasteiger charge is 2.36. The lowest BCUT2D eigenvalue weighted by Gasteiger charge is -2.40. The average molecular weight is 447 g/mol. The van der Waals surface area contributed by atoms with Crippen molar-refractivity contribution in [1.82, 2.24) is 4.98 Å². The Labute approximate surface area is 204 Å². The second-order valence-corrected chi connectivity index (χ2v) is 10.4. The van der Waals surface area contributed by atoms with Gasteiger partial charge in [-0.15, -0.1) is 0 Å². The molecule has 4 aliphatic rings. The standard InChI is InChI=1S/C33H22N2/c1-4-8-26-19(5-1)11-21-16-32-22(14-28(21)26)12-23-17-34-18-24-15-30-29-13-20-6-2-3-7-25(20)27(29)9-10-31(30)35(32)33(23)24/h1-10,14,16-18H,11-13,15H2. The molecule has 0 saturated heterocycles. The number of fused-ring (bicyclic) bond motifs is 11. The molecule has 9 rings (SSSR count). The third-order valence-corrected chi connectivity index (χ3v) is 8.60. The number of pyridine rings is 1. The lowest BCUT2D eigenvalue weighted by Crippen LogP contribution is -2.25. The first-order valence-electron chi connectivity index (χ1n) is 12.6. The van der Waals surface area contributed by atoms with Gasteiger partial charge >= 0.3 is 0 Å². The molecule has 0 fully saturated rings. The Morgan fingerprint density at radius 3 is 2.03 bits per heavy atom. The van der Waals surface area contributed by atoms with Crippen molar-refractivity contribution in [1.29, 1.82) is 0 Å². The topological polar surface area (TPSA) is 16.1 Å². The van der Waals surface area contributed by atoms with Crippen molar-refractivity contribution in [3.63, 3.8) is 0 Å². The van der Waals surface area contributed by atoms with Crippen LogP contribution in [0.1, 0.15) is 44.5 Å².